The number of nitrogens with zero attached hydrogens (tertiary/aromatic N) is 1. The van der Waals surface area contributed by atoms with E-state index in [0.717, 1.165) is 17.8 Å². The lowest BCUT2D eigenvalue weighted by atomic mass is 10.5. The van der Waals surface area contributed by atoms with Gasteiger partial charge in [0.2, 0.25) is 0 Å². The molecule has 0 spiro atoms. The van der Waals surface area contributed by atoms with Gasteiger partial charge in [-0.3, -0.25) is 4.79 Å². The number of aliphatic imine (C=N–C) groups is 1. The van der Waals surface area contributed by atoms with Crippen molar-refractivity contribution in [3.8, 4) is 0 Å². The molecule has 1 rings (SSSR count). The van der Waals surface area contributed by atoms with Gasteiger partial charge in [-0.2, -0.15) is 0 Å². The number of carboxylic acids is 1. The highest BCUT2D eigenvalue weighted by Gasteiger charge is 2.14. The van der Waals surface area contributed by atoms with E-state index in [0.29, 0.717) is 0 Å². The lowest BCUT2D eigenvalue weighted by Crippen LogP contribution is -1.94. The number of hydrogen-bond donors (Lipinski definition) is 1. The van der Waals surface area contributed by atoms with E-state index in [1.165, 1.54) is 5.55 Å². The summed E-state index contributed by atoms with van der Waals surface area (Å²) in [4.78, 5) is 24.1. The van der Waals surface area contributed by atoms with Crippen LogP contribution in [0.25, 0.3) is 0 Å². The Kier molecular flexibility index (Phi) is 1.86. The summed E-state index contributed by atoms with van der Waals surface area (Å²) >= 11 is 1.02. The molecule has 0 aromatic rings. The Morgan fingerprint density at radius 2 is 2.50 bits per heavy atom. The summed E-state index contributed by atoms with van der Waals surface area (Å²) < 4.78 is 0. The quantitative estimate of drug-likeness (QED) is 0.554. The summed E-state index contributed by atoms with van der Waals surface area (Å²) in [6.45, 7) is 0. The largest absolute Gasteiger partial charge is 0.478 e. The molecule has 52 valence electrons. The van der Waals surface area contributed by atoms with E-state index in [1.54, 1.807) is 0 Å². The predicted molar refractivity (Wildman–Crippen MR) is 36.8 cm³/mol. The topological polar surface area (TPSA) is 66.7 Å². The fourth-order valence-electron chi connectivity index (χ4n) is 0.453. The van der Waals surface area contributed by atoms with Crippen LogP contribution < -0.4 is 0 Å². The molecule has 0 atom stereocenters. The summed E-state index contributed by atoms with van der Waals surface area (Å²) in [5, 5.41) is 8.19. The maximum absolute atomic E-state index is 10.6. The SMILES string of the molecule is O=C(O)C=C1SC=NC1=O. The van der Waals surface area contributed by atoms with Gasteiger partial charge in [-0.25, -0.2) is 9.79 Å². The minimum Gasteiger partial charge on any atom is -0.478 e. The maximum atomic E-state index is 10.6. The van der Waals surface area contributed by atoms with Gasteiger partial charge in [-0.05, 0) is 0 Å². The zero-order valence-electron chi connectivity index (χ0n) is 4.77. The fraction of sp³-hybridized carbons (Fsp3) is 0. The summed E-state index contributed by atoms with van der Waals surface area (Å²) in [5.74, 6) is -1.60. The molecule has 1 amide bonds. The number of rotatable bonds is 1. The summed E-state index contributed by atoms with van der Waals surface area (Å²) in [5.41, 5.74) is 1.32. The van der Waals surface area contributed by atoms with Crippen molar-refractivity contribution in [2.45, 2.75) is 0 Å². The van der Waals surface area contributed by atoms with E-state index < -0.39 is 11.9 Å². The van der Waals surface area contributed by atoms with Crippen LogP contribution in [0.4, 0.5) is 0 Å². The monoisotopic (exact) mass is 157 g/mol. The van der Waals surface area contributed by atoms with E-state index >= 15 is 0 Å². The van der Waals surface area contributed by atoms with Gasteiger partial charge >= 0.3 is 5.97 Å². The van der Waals surface area contributed by atoms with E-state index in [-0.39, 0.29) is 4.91 Å². The second-order valence-electron chi connectivity index (χ2n) is 1.50. The minimum atomic E-state index is -1.12. The van der Waals surface area contributed by atoms with Gasteiger partial charge in [-0.1, -0.05) is 11.8 Å². The number of thioether (sulfide) groups is 1. The zero-order valence-corrected chi connectivity index (χ0v) is 5.59. The Balaban J connectivity index is 2.77. The van der Waals surface area contributed by atoms with Crippen molar-refractivity contribution in [3.05, 3.63) is 11.0 Å². The predicted octanol–water partition coefficient (Wildman–Crippen LogP) is 0.257. The molecule has 1 aliphatic rings. The van der Waals surface area contributed by atoms with Gasteiger partial charge in [-0.15, -0.1) is 0 Å². The number of hydrogen-bond acceptors (Lipinski definition) is 3. The van der Waals surface area contributed by atoms with Crippen molar-refractivity contribution in [3.63, 3.8) is 0 Å². The van der Waals surface area contributed by atoms with Crippen LogP contribution in [0.3, 0.4) is 0 Å². The highest BCUT2D eigenvalue weighted by Crippen LogP contribution is 2.19. The summed E-state index contributed by atoms with van der Waals surface area (Å²) in [6.07, 6.45) is 0.847. The number of carbonyl (C=O) groups excluding carboxylic acids is 1. The standard InChI is InChI=1S/C5H3NO3S/c7-4(8)1-3-5(9)6-2-10-3/h1-2H,(H,7,8). The molecule has 0 fully saturated rings. The molecule has 0 aliphatic carbocycles. The van der Waals surface area contributed by atoms with Crippen LogP contribution in [-0.4, -0.2) is 22.5 Å². The van der Waals surface area contributed by atoms with E-state index in [4.69, 9.17) is 5.11 Å². The van der Waals surface area contributed by atoms with Gasteiger partial charge in [0.15, 0.2) is 0 Å². The first kappa shape index (κ1) is 7.01. The average molecular weight is 157 g/mol. The summed E-state index contributed by atoms with van der Waals surface area (Å²) in [6, 6.07) is 0. The molecule has 4 nitrogen and oxygen atoms in total. The normalized spacial score (nSPS) is 20.4. The molecule has 0 saturated carbocycles. The van der Waals surface area contributed by atoms with E-state index in [1.807, 2.05) is 0 Å². The molecular weight excluding hydrogens is 154 g/mol. The van der Waals surface area contributed by atoms with Gasteiger partial charge in [0.25, 0.3) is 5.91 Å². The zero-order chi connectivity index (χ0) is 7.56. The van der Waals surface area contributed by atoms with Crippen LogP contribution in [0.2, 0.25) is 0 Å². The fourth-order valence-corrected chi connectivity index (χ4v) is 1.04. The second-order valence-corrected chi connectivity index (χ2v) is 2.39. The molecule has 1 aliphatic heterocycles. The third kappa shape index (κ3) is 1.44. The molecule has 5 heteroatoms. The number of carboxylic acid groups (broad SMARTS) is 1. The van der Waals surface area contributed by atoms with Gasteiger partial charge in [0.05, 0.1) is 10.5 Å². The highest BCUT2D eigenvalue weighted by molar-refractivity contribution is 8.16. The van der Waals surface area contributed by atoms with Crippen molar-refractivity contribution in [2.75, 3.05) is 0 Å². The maximum Gasteiger partial charge on any atom is 0.329 e. The van der Waals surface area contributed by atoms with Crippen molar-refractivity contribution in [1.82, 2.24) is 0 Å². The Morgan fingerprint density at radius 1 is 1.80 bits per heavy atom. The third-order valence-corrected chi connectivity index (χ3v) is 1.57. The molecule has 10 heavy (non-hydrogen) atoms. The first-order valence-corrected chi connectivity index (χ1v) is 3.26. The average Bonchev–Trinajstić information content (AvgIpc) is 2.15. The van der Waals surface area contributed by atoms with Crippen LogP contribution in [0.1, 0.15) is 0 Å². The van der Waals surface area contributed by atoms with E-state index in [9.17, 15) is 9.59 Å². The first-order chi connectivity index (χ1) is 4.70. The van der Waals surface area contributed by atoms with Crippen molar-refractivity contribution in [1.29, 1.82) is 0 Å². The number of carbonyl (C=O) groups is 2. The number of aliphatic carboxylic acids is 1. The molecule has 0 bridgehead atoms. The Labute approximate surface area is 60.6 Å². The molecule has 0 aromatic heterocycles. The van der Waals surface area contributed by atoms with Gasteiger partial charge in [0.1, 0.15) is 0 Å². The first-order valence-electron chi connectivity index (χ1n) is 2.38. The molecule has 0 radical (unpaired) electrons. The third-order valence-electron chi connectivity index (χ3n) is 0.815. The van der Waals surface area contributed by atoms with Crippen LogP contribution in [0, 0.1) is 0 Å². The van der Waals surface area contributed by atoms with Crippen molar-refractivity contribution in [2.24, 2.45) is 4.99 Å². The molecule has 1 heterocycles. The Bertz CT molecular complexity index is 243. The number of amides is 1. The molecule has 0 unspecified atom stereocenters. The van der Waals surface area contributed by atoms with Crippen LogP contribution in [-0.2, 0) is 9.59 Å². The van der Waals surface area contributed by atoms with Crippen LogP contribution in [0.5, 0.6) is 0 Å². The van der Waals surface area contributed by atoms with E-state index in [2.05, 4.69) is 4.99 Å². The molecule has 0 aromatic carbocycles. The Hall–Kier alpha value is -1.10. The summed E-state index contributed by atoms with van der Waals surface area (Å²) in [7, 11) is 0. The van der Waals surface area contributed by atoms with Crippen LogP contribution in [0.15, 0.2) is 16.0 Å². The molecule has 0 saturated heterocycles. The minimum absolute atomic E-state index is 0.160. The van der Waals surface area contributed by atoms with Gasteiger partial charge in [0, 0.05) is 6.08 Å². The lowest BCUT2D eigenvalue weighted by molar-refractivity contribution is -0.131. The lowest BCUT2D eigenvalue weighted by Gasteiger charge is -1.85. The van der Waals surface area contributed by atoms with Crippen LogP contribution >= 0.6 is 11.8 Å². The van der Waals surface area contributed by atoms with Gasteiger partial charge < -0.3 is 5.11 Å². The molecular formula is C5H3NO3S. The Morgan fingerprint density at radius 3 is 2.90 bits per heavy atom. The van der Waals surface area contributed by atoms with Crippen molar-refractivity contribution >= 4 is 29.2 Å². The molecule has 1 N–H and O–H groups in total. The second kappa shape index (κ2) is 2.66. The smallest absolute Gasteiger partial charge is 0.329 e. The van der Waals surface area contributed by atoms with Crippen molar-refractivity contribution < 1.29 is 14.7 Å². The highest BCUT2D eigenvalue weighted by atomic mass is 32.2.